The lowest BCUT2D eigenvalue weighted by Crippen LogP contribution is -2.84. The van der Waals surface area contributed by atoms with Gasteiger partial charge in [0.2, 0.25) is 5.91 Å². The summed E-state index contributed by atoms with van der Waals surface area (Å²) in [6.07, 6.45) is -1.05. The number of hydrogen-bond donors (Lipinski definition) is 1. The Morgan fingerprint density at radius 2 is 1.42 bits per heavy atom. The number of hydrogen-bond acceptors (Lipinski definition) is 2. The summed E-state index contributed by atoms with van der Waals surface area (Å²) in [5, 5.41) is 10.3. The van der Waals surface area contributed by atoms with Crippen LogP contribution in [0.15, 0.2) is 54.6 Å². The quantitative estimate of drug-likeness (QED) is 0.392. The maximum atomic E-state index is 13.6. The van der Waals surface area contributed by atoms with E-state index < -0.39 is 33.8 Å². The highest BCUT2D eigenvalue weighted by atomic mass is 28.4. The molecule has 3 rings (SSSR count). The fourth-order valence-electron chi connectivity index (χ4n) is 5.73. The van der Waals surface area contributed by atoms with Crippen LogP contribution in [-0.2, 0) is 11.3 Å². The minimum atomic E-state index is -1.69. The predicted molar refractivity (Wildman–Crippen MR) is 141 cm³/mol. The molecule has 0 bridgehead atoms. The van der Waals surface area contributed by atoms with Crippen molar-refractivity contribution in [3.05, 3.63) is 60.2 Å². The van der Waals surface area contributed by atoms with Gasteiger partial charge in [0, 0.05) is 11.8 Å². The molecule has 2 amide bonds. The molecule has 178 valence electrons. The Morgan fingerprint density at radius 1 is 0.939 bits per heavy atom. The molecule has 1 heterocycles. The van der Waals surface area contributed by atoms with Crippen LogP contribution in [0.4, 0.5) is 4.79 Å². The van der Waals surface area contributed by atoms with Crippen LogP contribution in [0.3, 0.4) is 0 Å². The van der Waals surface area contributed by atoms with Crippen LogP contribution < -0.4 is 0 Å². The third-order valence-corrected chi connectivity index (χ3v) is 15.6. The second kappa shape index (κ2) is 8.76. The van der Waals surface area contributed by atoms with Crippen molar-refractivity contribution in [2.45, 2.75) is 76.5 Å². The molecule has 1 N–H and O–H groups in total. The molecule has 1 saturated heterocycles. The lowest BCUT2D eigenvalue weighted by atomic mass is 9.81. The molecule has 1 aliphatic rings. The van der Waals surface area contributed by atoms with Gasteiger partial charge in [0.1, 0.15) is 6.04 Å². The Balaban J connectivity index is 1.86. The number of carbonyl (C=O) groups excluding carboxylic acids is 1. The average Bonchev–Trinajstić information content (AvgIpc) is 2.70. The zero-order valence-electron chi connectivity index (χ0n) is 21.2. The number of likely N-dealkylation sites (tertiary alicyclic amines) is 1. The number of benzene rings is 2. The van der Waals surface area contributed by atoms with Crippen molar-refractivity contribution in [2.75, 3.05) is 0 Å². The molecule has 2 aromatic carbocycles. The topological polar surface area (TPSA) is 60.9 Å². The number of amides is 2. The Bertz CT molecular complexity index is 995. The lowest BCUT2D eigenvalue weighted by Gasteiger charge is -2.63. The zero-order chi connectivity index (χ0) is 24.8. The van der Waals surface area contributed by atoms with E-state index in [1.807, 2.05) is 61.2 Å². The standard InChI is InChI=1S/C26H38N2O3Si2/c1-26(2)22(23(29)28(26)25(32(3,4)5)33(6,7)8)27(24(30)31)18-19-14-16-21(17-15-19)20-12-10-9-11-13-20/h9-17,22,25H,18H2,1-8H3,(H,30,31)/t22-/m0/s1. The minimum Gasteiger partial charge on any atom is -0.465 e. The van der Waals surface area contributed by atoms with E-state index in [0.29, 0.717) is 0 Å². The van der Waals surface area contributed by atoms with Crippen molar-refractivity contribution in [3.63, 3.8) is 0 Å². The summed E-state index contributed by atoms with van der Waals surface area (Å²) < 4.78 is 0. The molecule has 1 atom stereocenters. The van der Waals surface area contributed by atoms with Crippen LogP contribution in [0.5, 0.6) is 0 Å². The molecule has 0 spiro atoms. The third kappa shape index (κ3) is 4.94. The smallest absolute Gasteiger partial charge is 0.408 e. The van der Waals surface area contributed by atoms with E-state index in [4.69, 9.17) is 0 Å². The summed E-state index contributed by atoms with van der Waals surface area (Å²) in [5.41, 5.74) is 2.55. The van der Waals surface area contributed by atoms with E-state index in [-0.39, 0.29) is 17.7 Å². The Labute approximate surface area is 200 Å². The zero-order valence-corrected chi connectivity index (χ0v) is 23.2. The molecule has 0 radical (unpaired) electrons. The fraction of sp³-hybridized carbons (Fsp3) is 0.462. The number of rotatable bonds is 7. The Hall–Kier alpha value is -2.39. The third-order valence-electron chi connectivity index (χ3n) is 6.63. The number of β-lactam (4-membered cyclic amide) rings is 1. The highest BCUT2D eigenvalue weighted by Crippen LogP contribution is 2.42. The first kappa shape index (κ1) is 25.2. The van der Waals surface area contributed by atoms with Crippen LogP contribution in [0.25, 0.3) is 11.1 Å². The summed E-state index contributed by atoms with van der Waals surface area (Å²) >= 11 is 0. The first-order valence-electron chi connectivity index (χ1n) is 11.6. The molecule has 1 fully saturated rings. The highest BCUT2D eigenvalue weighted by molar-refractivity contribution is 6.96. The van der Waals surface area contributed by atoms with Crippen molar-refractivity contribution < 1.29 is 14.7 Å². The van der Waals surface area contributed by atoms with Crippen LogP contribution in [0.2, 0.25) is 39.3 Å². The van der Waals surface area contributed by atoms with Crippen molar-refractivity contribution in [2.24, 2.45) is 0 Å². The van der Waals surface area contributed by atoms with E-state index in [1.54, 1.807) is 0 Å². The fourth-order valence-corrected chi connectivity index (χ4v) is 18.6. The van der Waals surface area contributed by atoms with Gasteiger partial charge in [0.15, 0.2) is 0 Å². The van der Waals surface area contributed by atoms with E-state index in [9.17, 15) is 14.7 Å². The minimum absolute atomic E-state index is 0.0434. The molecule has 1 aliphatic heterocycles. The summed E-state index contributed by atoms with van der Waals surface area (Å²) in [4.78, 5) is 29.2. The summed E-state index contributed by atoms with van der Waals surface area (Å²) in [6, 6.07) is 17.4. The Morgan fingerprint density at radius 3 is 1.85 bits per heavy atom. The second-order valence-corrected chi connectivity index (χ2v) is 23.0. The maximum Gasteiger partial charge on any atom is 0.408 e. The normalized spacial score (nSPS) is 18.3. The van der Waals surface area contributed by atoms with Gasteiger partial charge in [-0.25, -0.2) is 4.79 Å². The van der Waals surface area contributed by atoms with Gasteiger partial charge < -0.3 is 10.0 Å². The maximum absolute atomic E-state index is 13.6. The van der Waals surface area contributed by atoms with E-state index in [1.165, 1.54) is 4.90 Å². The average molecular weight is 483 g/mol. The second-order valence-electron chi connectivity index (χ2n) is 11.9. The number of nitrogens with zero attached hydrogens (tertiary/aromatic N) is 2. The Kier molecular flexibility index (Phi) is 6.70. The number of carboxylic acid groups (broad SMARTS) is 1. The molecule has 0 unspecified atom stereocenters. The van der Waals surface area contributed by atoms with E-state index in [0.717, 1.165) is 16.7 Å². The molecule has 2 aromatic rings. The van der Waals surface area contributed by atoms with Crippen LogP contribution in [0, 0.1) is 0 Å². The number of carbonyl (C=O) groups is 2. The van der Waals surface area contributed by atoms with Gasteiger partial charge in [0.25, 0.3) is 0 Å². The van der Waals surface area contributed by atoms with E-state index in [2.05, 4.69) is 51.4 Å². The summed E-state index contributed by atoms with van der Waals surface area (Å²) in [7, 11) is -3.38. The van der Waals surface area contributed by atoms with Gasteiger partial charge in [-0.05, 0) is 30.5 Å². The molecule has 0 saturated carbocycles. The largest absolute Gasteiger partial charge is 0.465 e. The highest BCUT2D eigenvalue weighted by Gasteiger charge is 2.63. The van der Waals surface area contributed by atoms with E-state index >= 15 is 0 Å². The van der Waals surface area contributed by atoms with Gasteiger partial charge in [-0.1, -0.05) is 93.9 Å². The summed E-state index contributed by atoms with van der Waals surface area (Å²) in [5.74, 6) is -0.0434. The molecule has 0 aromatic heterocycles. The van der Waals surface area contributed by atoms with Crippen molar-refractivity contribution >= 4 is 28.1 Å². The monoisotopic (exact) mass is 482 g/mol. The van der Waals surface area contributed by atoms with Gasteiger partial charge in [-0.15, -0.1) is 0 Å². The SMILES string of the molecule is CC1(C)[C@@H](N(Cc2ccc(-c3ccccc3)cc2)C(=O)O)C(=O)N1C([Si](C)(C)C)[Si](C)(C)C. The van der Waals surface area contributed by atoms with Gasteiger partial charge >= 0.3 is 6.09 Å². The van der Waals surface area contributed by atoms with Crippen molar-refractivity contribution in [1.82, 2.24) is 9.80 Å². The van der Waals surface area contributed by atoms with Crippen molar-refractivity contribution in [1.29, 1.82) is 0 Å². The van der Waals surface area contributed by atoms with Crippen LogP contribution in [-0.4, -0.2) is 59.9 Å². The molecule has 0 aliphatic carbocycles. The van der Waals surface area contributed by atoms with Crippen LogP contribution >= 0.6 is 0 Å². The van der Waals surface area contributed by atoms with Crippen LogP contribution in [0.1, 0.15) is 19.4 Å². The van der Waals surface area contributed by atoms with Gasteiger partial charge in [-0.3, -0.25) is 9.69 Å². The lowest BCUT2D eigenvalue weighted by molar-refractivity contribution is -0.169. The van der Waals surface area contributed by atoms with Crippen molar-refractivity contribution in [3.8, 4) is 11.1 Å². The predicted octanol–water partition coefficient (Wildman–Crippen LogP) is 5.95. The van der Waals surface area contributed by atoms with Gasteiger partial charge in [-0.2, -0.15) is 0 Å². The molecule has 5 nitrogen and oxygen atoms in total. The molecule has 33 heavy (non-hydrogen) atoms. The van der Waals surface area contributed by atoms with Gasteiger partial charge in [0.05, 0.1) is 21.7 Å². The first-order chi connectivity index (χ1) is 15.2. The molecular formula is C26H38N2O3Si2. The molecular weight excluding hydrogens is 444 g/mol. The first-order valence-corrected chi connectivity index (χ1v) is 18.8. The summed E-state index contributed by atoms with van der Waals surface area (Å²) in [6.45, 7) is 18.1. The molecule has 7 heteroatoms.